The Hall–Kier alpha value is -1.68. The molecule has 0 saturated heterocycles. The Bertz CT molecular complexity index is 584. The third-order valence-electron chi connectivity index (χ3n) is 3.69. The lowest BCUT2D eigenvalue weighted by Gasteiger charge is -2.11. The number of rotatable bonds is 6. The van der Waals surface area contributed by atoms with Crippen molar-refractivity contribution in [2.45, 2.75) is 45.6 Å². The third kappa shape index (κ3) is 2.90. The van der Waals surface area contributed by atoms with Crippen molar-refractivity contribution in [3.8, 4) is 5.69 Å². The largest absolute Gasteiger partial charge is 0.313 e. The van der Waals surface area contributed by atoms with Crippen molar-refractivity contribution in [2.24, 2.45) is 0 Å². The van der Waals surface area contributed by atoms with Gasteiger partial charge in [-0.05, 0) is 44.9 Å². The van der Waals surface area contributed by atoms with Crippen LogP contribution in [0.15, 0.2) is 24.5 Å². The van der Waals surface area contributed by atoms with E-state index in [0.717, 1.165) is 30.9 Å². The first-order valence-corrected chi connectivity index (χ1v) is 7.50. The number of aromatic nitrogens is 3. The first kappa shape index (κ1) is 13.3. The Morgan fingerprint density at radius 2 is 2.25 bits per heavy atom. The fourth-order valence-corrected chi connectivity index (χ4v) is 2.39. The van der Waals surface area contributed by atoms with E-state index < -0.39 is 0 Å². The molecule has 0 atom stereocenters. The van der Waals surface area contributed by atoms with Crippen LogP contribution in [-0.2, 0) is 6.54 Å². The van der Waals surface area contributed by atoms with Crippen LogP contribution in [0, 0.1) is 6.92 Å². The molecule has 2 aromatic heterocycles. The number of aryl methyl sites for hydroxylation is 1. The van der Waals surface area contributed by atoms with Crippen LogP contribution >= 0.6 is 0 Å². The normalized spacial score (nSPS) is 14.7. The third-order valence-corrected chi connectivity index (χ3v) is 3.69. The second-order valence-electron chi connectivity index (χ2n) is 5.59. The quantitative estimate of drug-likeness (QED) is 0.821. The fraction of sp³-hybridized carbons (Fsp3) is 0.500. The van der Waals surface area contributed by atoms with Gasteiger partial charge in [-0.3, -0.25) is 4.98 Å². The monoisotopic (exact) mass is 270 g/mol. The lowest BCUT2D eigenvalue weighted by molar-refractivity contribution is 0.667. The van der Waals surface area contributed by atoms with Gasteiger partial charge in [0.15, 0.2) is 0 Å². The van der Waals surface area contributed by atoms with Crippen molar-refractivity contribution in [1.29, 1.82) is 0 Å². The van der Waals surface area contributed by atoms with Crippen molar-refractivity contribution in [1.82, 2.24) is 20.1 Å². The molecular formula is C16H22N4. The predicted molar refractivity (Wildman–Crippen MR) is 80.1 cm³/mol. The minimum Gasteiger partial charge on any atom is -0.313 e. The van der Waals surface area contributed by atoms with Crippen LogP contribution in [0.4, 0.5) is 0 Å². The van der Waals surface area contributed by atoms with Crippen LogP contribution in [-0.4, -0.2) is 21.3 Å². The molecule has 0 unspecified atom stereocenters. The van der Waals surface area contributed by atoms with Gasteiger partial charge in [0.25, 0.3) is 0 Å². The topological polar surface area (TPSA) is 42.7 Å². The Labute approximate surface area is 120 Å². The second-order valence-corrected chi connectivity index (χ2v) is 5.59. The molecule has 2 aromatic rings. The van der Waals surface area contributed by atoms with Gasteiger partial charge in [-0.1, -0.05) is 6.92 Å². The minimum atomic E-state index is 0.695. The highest BCUT2D eigenvalue weighted by atomic mass is 15.3. The van der Waals surface area contributed by atoms with Gasteiger partial charge in [0.1, 0.15) is 0 Å². The summed E-state index contributed by atoms with van der Waals surface area (Å²) in [6.07, 6.45) is 7.76. The molecular weight excluding hydrogens is 248 g/mol. The zero-order chi connectivity index (χ0) is 13.9. The molecule has 1 saturated carbocycles. The molecule has 1 aliphatic rings. The van der Waals surface area contributed by atoms with E-state index in [1.54, 1.807) is 0 Å². The molecule has 4 nitrogen and oxygen atoms in total. The first-order valence-electron chi connectivity index (χ1n) is 7.50. The van der Waals surface area contributed by atoms with Crippen molar-refractivity contribution >= 4 is 0 Å². The van der Waals surface area contributed by atoms with Gasteiger partial charge in [0.05, 0.1) is 11.4 Å². The molecule has 0 amide bonds. The SMILES string of the molecule is CCCNCc1cnc(C)cc1-n1ccc(C2CC2)n1. The predicted octanol–water partition coefficient (Wildman–Crippen LogP) is 2.95. The molecule has 3 rings (SSSR count). The minimum absolute atomic E-state index is 0.695. The average Bonchev–Trinajstić information content (AvgIpc) is 3.19. The van der Waals surface area contributed by atoms with E-state index in [-0.39, 0.29) is 0 Å². The fourth-order valence-electron chi connectivity index (χ4n) is 2.39. The van der Waals surface area contributed by atoms with E-state index >= 15 is 0 Å². The summed E-state index contributed by atoms with van der Waals surface area (Å²) in [5.74, 6) is 0.695. The lowest BCUT2D eigenvalue weighted by atomic mass is 10.2. The number of hydrogen-bond acceptors (Lipinski definition) is 3. The molecule has 0 radical (unpaired) electrons. The molecule has 0 aromatic carbocycles. The van der Waals surface area contributed by atoms with E-state index in [1.165, 1.54) is 24.1 Å². The summed E-state index contributed by atoms with van der Waals surface area (Å²) in [5, 5.41) is 8.18. The maximum atomic E-state index is 4.73. The van der Waals surface area contributed by atoms with E-state index in [1.807, 2.05) is 17.8 Å². The summed E-state index contributed by atoms with van der Waals surface area (Å²) in [5.41, 5.74) is 4.61. The Kier molecular flexibility index (Phi) is 3.83. The first-order chi connectivity index (χ1) is 9.78. The number of pyridine rings is 1. The van der Waals surface area contributed by atoms with Crippen molar-refractivity contribution < 1.29 is 0 Å². The zero-order valence-corrected chi connectivity index (χ0v) is 12.3. The van der Waals surface area contributed by atoms with Gasteiger partial charge in [-0.15, -0.1) is 0 Å². The lowest BCUT2D eigenvalue weighted by Crippen LogP contribution is -2.16. The van der Waals surface area contributed by atoms with Crippen LogP contribution in [0.5, 0.6) is 0 Å². The molecule has 0 spiro atoms. The maximum Gasteiger partial charge on any atom is 0.0724 e. The van der Waals surface area contributed by atoms with E-state index in [9.17, 15) is 0 Å². The molecule has 2 heterocycles. The van der Waals surface area contributed by atoms with E-state index in [4.69, 9.17) is 5.10 Å². The van der Waals surface area contributed by atoms with Crippen molar-refractivity contribution in [3.05, 3.63) is 41.5 Å². The summed E-state index contributed by atoms with van der Waals surface area (Å²) in [4.78, 5) is 4.42. The maximum absolute atomic E-state index is 4.73. The summed E-state index contributed by atoms with van der Waals surface area (Å²) in [6, 6.07) is 4.27. The highest BCUT2D eigenvalue weighted by Gasteiger charge is 2.26. The molecule has 1 aliphatic carbocycles. The van der Waals surface area contributed by atoms with Gasteiger partial charge < -0.3 is 5.32 Å². The molecule has 1 fully saturated rings. The molecule has 0 aliphatic heterocycles. The van der Waals surface area contributed by atoms with Crippen molar-refractivity contribution in [3.63, 3.8) is 0 Å². The van der Waals surface area contributed by atoms with Crippen LogP contribution < -0.4 is 5.32 Å². The van der Waals surface area contributed by atoms with Gasteiger partial charge in [0.2, 0.25) is 0 Å². The molecule has 0 bridgehead atoms. The highest BCUT2D eigenvalue weighted by Crippen LogP contribution is 2.39. The second kappa shape index (κ2) is 5.75. The highest BCUT2D eigenvalue weighted by molar-refractivity contribution is 5.40. The van der Waals surface area contributed by atoms with Gasteiger partial charge >= 0.3 is 0 Å². The Morgan fingerprint density at radius 3 is 3.00 bits per heavy atom. The average molecular weight is 270 g/mol. The summed E-state index contributed by atoms with van der Waals surface area (Å²) < 4.78 is 2.01. The van der Waals surface area contributed by atoms with E-state index in [2.05, 4.69) is 35.6 Å². The number of hydrogen-bond donors (Lipinski definition) is 1. The van der Waals surface area contributed by atoms with Gasteiger partial charge in [-0.2, -0.15) is 5.10 Å². The number of nitrogens with one attached hydrogen (secondary N) is 1. The Balaban J connectivity index is 1.86. The van der Waals surface area contributed by atoms with Crippen LogP contribution in [0.3, 0.4) is 0 Å². The Morgan fingerprint density at radius 1 is 1.40 bits per heavy atom. The van der Waals surface area contributed by atoms with Gasteiger partial charge in [-0.25, -0.2) is 4.68 Å². The van der Waals surface area contributed by atoms with Crippen molar-refractivity contribution in [2.75, 3.05) is 6.54 Å². The number of nitrogens with zero attached hydrogens (tertiary/aromatic N) is 3. The van der Waals surface area contributed by atoms with Crippen LogP contribution in [0.1, 0.15) is 49.1 Å². The molecule has 4 heteroatoms. The zero-order valence-electron chi connectivity index (χ0n) is 12.3. The van der Waals surface area contributed by atoms with E-state index in [0.29, 0.717) is 5.92 Å². The molecule has 20 heavy (non-hydrogen) atoms. The van der Waals surface area contributed by atoms with Crippen LogP contribution in [0.2, 0.25) is 0 Å². The van der Waals surface area contributed by atoms with Crippen LogP contribution in [0.25, 0.3) is 5.69 Å². The van der Waals surface area contributed by atoms with Gasteiger partial charge in [0, 0.05) is 36.1 Å². The molecule has 106 valence electrons. The summed E-state index contributed by atoms with van der Waals surface area (Å²) >= 11 is 0. The summed E-state index contributed by atoms with van der Waals surface area (Å²) in [6.45, 7) is 6.07. The molecule has 1 N–H and O–H groups in total. The standard InChI is InChI=1S/C16H22N4/c1-3-7-17-10-14-11-18-12(2)9-16(14)20-8-6-15(19-20)13-4-5-13/h6,8-9,11,13,17H,3-5,7,10H2,1-2H3. The smallest absolute Gasteiger partial charge is 0.0724 e. The summed E-state index contributed by atoms with van der Waals surface area (Å²) in [7, 11) is 0.